The highest BCUT2D eigenvalue weighted by Crippen LogP contribution is 2.32. The zero-order chi connectivity index (χ0) is 28.0. The zero-order valence-electron chi connectivity index (χ0n) is 23.6. The van der Waals surface area contributed by atoms with Crippen LogP contribution in [0.5, 0.6) is 0 Å². The van der Waals surface area contributed by atoms with Crippen LogP contribution in [0.15, 0.2) is 71.6 Å². The van der Waals surface area contributed by atoms with E-state index in [-0.39, 0.29) is 12.0 Å². The van der Waals surface area contributed by atoms with Crippen molar-refractivity contribution in [1.82, 2.24) is 9.62 Å². The number of aliphatic hydroxyl groups excluding tert-OH is 1. The highest BCUT2D eigenvalue weighted by Gasteiger charge is 2.28. The quantitative estimate of drug-likeness (QED) is 0.223. The van der Waals surface area contributed by atoms with Crippen LogP contribution in [-0.2, 0) is 24.1 Å². The fourth-order valence-corrected chi connectivity index (χ4v) is 6.69. The Bertz CT molecular complexity index is 1250. The number of β-amino-alcohol motifs (C(OH)–C–C–N with tert-alkyl or cyclic N) is 1. The molecule has 0 saturated carbocycles. The van der Waals surface area contributed by atoms with Gasteiger partial charge in [-0.05, 0) is 117 Å². The van der Waals surface area contributed by atoms with E-state index in [0.717, 1.165) is 40.8 Å². The largest absolute Gasteiger partial charge is 0.481 e. The van der Waals surface area contributed by atoms with Gasteiger partial charge in [-0.1, -0.05) is 54.6 Å². The number of carboxylic acid groups (broad SMARTS) is 1. The first-order valence-corrected chi connectivity index (χ1v) is 14.7. The predicted octanol–water partition coefficient (Wildman–Crippen LogP) is 6.15. The summed E-state index contributed by atoms with van der Waals surface area (Å²) in [6.45, 7) is 7.72. The lowest BCUT2D eigenvalue weighted by Gasteiger charge is -2.31. The molecule has 0 unspecified atom stereocenters. The van der Waals surface area contributed by atoms with E-state index in [9.17, 15) is 9.90 Å². The van der Waals surface area contributed by atoms with Crippen LogP contribution in [0.1, 0.15) is 48.9 Å². The number of benzene rings is 3. The van der Waals surface area contributed by atoms with E-state index < -0.39 is 12.1 Å². The molecule has 3 aromatic rings. The van der Waals surface area contributed by atoms with Gasteiger partial charge in [0.25, 0.3) is 0 Å². The lowest BCUT2D eigenvalue weighted by molar-refractivity contribution is -0.136. The van der Waals surface area contributed by atoms with E-state index in [1.54, 1.807) is 11.9 Å². The summed E-state index contributed by atoms with van der Waals surface area (Å²) >= 11 is 1.64. The summed E-state index contributed by atoms with van der Waals surface area (Å²) in [5.41, 5.74) is 7.40. The summed E-state index contributed by atoms with van der Waals surface area (Å²) < 4.78 is 2.09. The van der Waals surface area contributed by atoms with Gasteiger partial charge >= 0.3 is 5.97 Å². The summed E-state index contributed by atoms with van der Waals surface area (Å²) in [5, 5.41) is 23.4. The number of rotatable bonds is 13. The third kappa shape index (κ3) is 8.67. The van der Waals surface area contributed by atoms with Gasteiger partial charge < -0.3 is 15.5 Å². The van der Waals surface area contributed by atoms with Crippen LogP contribution in [0.4, 0.5) is 0 Å². The molecule has 1 aliphatic rings. The molecule has 0 radical (unpaired) electrons. The number of nitrogens with zero attached hydrogens (tertiary/aromatic N) is 1. The molecule has 39 heavy (non-hydrogen) atoms. The minimum atomic E-state index is -0.776. The van der Waals surface area contributed by atoms with Crippen molar-refractivity contribution in [3.8, 4) is 11.1 Å². The molecule has 3 N–H and O–H groups in total. The second kappa shape index (κ2) is 13.1. The number of fused-ring (bicyclic) bond motifs is 1. The number of hydrogen-bond acceptors (Lipinski definition) is 5. The van der Waals surface area contributed by atoms with Crippen molar-refractivity contribution >= 4 is 17.9 Å². The fraction of sp³-hybridized carbons (Fsp3) is 0.424. The maximum absolute atomic E-state index is 10.9. The summed E-state index contributed by atoms with van der Waals surface area (Å²) in [6, 6.07) is 23.3. The van der Waals surface area contributed by atoms with Crippen molar-refractivity contribution in [1.29, 1.82) is 0 Å². The van der Waals surface area contributed by atoms with Gasteiger partial charge in [-0.25, -0.2) is 4.31 Å². The first kappa shape index (κ1) is 29.3. The van der Waals surface area contributed by atoms with Gasteiger partial charge in [-0.15, -0.1) is 0 Å². The summed E-state index contributed by atoms with van der Waals surface area (Å²) in [6.07, 6.45) is 3.60. The van der Waals surface area contributed by atoms with Crippen LogP contribution in [0, 0.1) is 12.8 Å². The second-order valence-electron chi connectivity index (χ2n) is 11.6. The number of aliphatic carboxylic acids is 1. The van der Waals surface area contributed by atoms with Gasteiger partial charge in [-0.3, -0.25) is 4.79 Å². The minimum absolute atomic E-state index is 0.0305. The van der Waals surface area contributed by atoms with Crippen LogP contribution in [0.25, 0.3) is 11.1 Å². The molecular weight excluding hydrogens is 504 g/mol. The number of carbonyl (C=O) groups is 1. The average molecular weight is 547 g/mol. The van der Waals surface area contributed by atoms with Crippen LogP contribution in [-0.4, -0.2) is 52.3 Å². The van der Waals surface area contributed by atoms with Crippen molar-refractivity contribution < 1.29 is 15.0 Å². The smallest absolute Gasteiger partial charge is 0.303 e. The Hall–Kier alpha value is -2.64. The van der Waals surface area contributed by atoms with Crippen LogP contribution < -0.4 is 5.32 Å². The molecule has 0 amide bonds. The second-order valence-corrected chi connectivity index (χ2v) is 12.9. The minimum Gasteiger partial charge on any atom is -0.481 e. The maximum Gasteiger partial charge on any atom is 0.303 e. The molecule has 1 atom stereocenters. The molecule has 5 nitrogen and oxygen atoms in total. The number of nitrogens with one attached hydrogen (secondary N) is 1. The van der Waals surface area contributed by atoms with Crippen molar-refractivity contribution in [2.45, 2.75) is 69.4 Å². The Morgan fingerprint density at radius 1 is 1.08 bits per heavy atom. The number of carboxylic acids is 1. The predicted molar refractivity (Wildman–Crippen MR) is 161 cm³/mol. The molecule has 0 saturated heterocycles. The highest BCUT2D eigenvalue weighted by atomic mass is 32.2. The summed E-state index contributed by atoms with van der Waals surface area (Å²) in [4.78, 5) is 12.1. The van der Waals surface area contributed by atoms with Crippen molar-refractivity contribution in [2.24, 2.45) is 5.92 Å². The monoisotopic (exact) mass is 546 g/mol. The van der Waals surface area contributed by atoms with Crippen LogP contribution >= 0.6 is 11.9 Å². The molecule has 3 aromatic carbocycles. The molecule has 0 heterocycles. The average Bonchev–Trinajstić information content (AvgIpc) is 3.28. The van der Waals surface area contributed by atoms with Crippen molar-refractivity contribution in [3.05, 3.63) is 89.0 Å². The van der Waals surface area contributed by atoms with E-state index in [2.05, 4.69) is 85.0 Å². The molecule has 208 valence electrons. The van der Waals surface area contributed by atoms with Gasteiger partial charge in [0.05, 0.1) is 6.10 Å². The summed E-state index contributed by atoms with van der Waals surface area (Å²) in [5.74, 6) is -0.124. The van der Waals surface area contributed by atoms with E-state index in [0.29, 0.717) is 25.4 Å². The van der Waals surface area contributed by atoms with E-state index in [4.69, 9.17) is 5.11 Å². The lowest BCUT2D eigenvalue weighted by atomic mass is 9.88. The third-order valence-electron chi connectivity index (χ3n) is 7.54. The number of hydrogen-bond donors (Lipinski definition) is 3. The molecule has 4 rings (SSSR count). The van der Waals surface area contributed by atoms with Gasteiger partial charge in [0.15, 0.2) is 0 Å². The first-order valence-electron chi connectivity index (χ1n) is 13.9. The Morgan fingerprint density at radius 2 is 1.79 bits per heavy atom. The number of aliphatic hydroxyl groups is 1. The van der Waals surface area contributed by atoms with Crippen molar-refractivity contribution in [3.63, 3.8) is 0 Å². The topological polar surface area (TPSA) is 72.8 Å². The summed E-state index contributed by atoms with van der Waals surface area (Å²) in [7, 11) is 2.02. The standard InChI is InChI=1S/C33H42N2O3S/c1-23-16-30(13-14-31(23)28-11-7-8-24(17-28)12-15-32(37)38)39-35(4)22-29(36)21-34-33(2,3)20-25-18-26-9-5-6-10-27(26)19-25/h5-11,13-14,16-17,25,29,34,36H,12,15,18-22H2,1-4H3,(H,37,38)/t29-/m1/s1. The van der Waals surface area contributed by atoms with Gasteiger partial charge in [0.2, 0.25) is 0 Å². The molecule has 0 bridgehead atoms. The van der Waals surface area contributed by atoms with Crippen LogP contribution in [0.3, 0.4) is 0 Å². The van der Waals surface area contributed by atoms with Crippen molar-refractivity contribution in [2.75, 3.05) is 20.1 Å². The lowest BCUT2D eigenvalue weighted by Crippen LogP contribution is -2.46. The van der Waals surface area contributed by atoms with Crippen LogP contribution in [0.2, 0.25) is 0 Å². The van der Waals surface area contributed by atoms with E-state index >= 15 is 0 Å². The van der Waals surface area contributed by atoms with E-state index in [1.807, 2.05) is 19.2 Å². The molecular formula is C33H42N2O3S. The fourth-order valence-electron chi connectivity index (χ4n) is 5.72. The molecule has 0 fully saturated rings. The molecule has 6 heteroatoms. The molecule has 0 spiro atoms. The maximum atomic E-state index is 10.9. The first-order chi connectivity index (χ1) is 18.6. The number of aryl methyl sites for hydroxylation is 2. The Labute approximate surface area is 237 Å². The SMILES string of the molecule is Cc1cc(SN(C)C[C@H](O)CNC(C)(C)CC2Cc3ccccc3C2)ccc1-c1cccc(CCC(=O)O)c1. The van der Waals surface area contributed by atoms with Gasteiger partial charge in [0, 0.05) is 29.9 Å². The zero-order valence-corrected chi connectivity index (χ0v) is 24.4. The highest BCUT2D eigenvalue weighted by molar-refractivity contribution is 7.97. The normalized spacial score (nSPS) is 14.5. The number of likely N-dealkylation sites (N-methyl/N-ethyl adjacent to an activating group) is 1. The van der Waals surface area contributed by atoms with Gasteiger partial charge in [-0.2, -0.15) is 0 Å². The third-order valence-corrected chi connectivity index (χ3v) is 8.47. The Morgan fingerprint density at radius 3 is 2.46 bits per heavy atom. The molecule has 0 aromatic heterocycles. The molecule has 1 aliphatic carbocycles. The Balaban J connectivity index is 1.25. The molecule has 0 aliphatic heterocycles. The Kier molecular flexibility index (Phi) is 9.89. The van der Waals surface area contributed by atoms with Gasteiger partial charge in [0.1, 0.15) is 0 Å². The van der Waals surface area contributed by atoms with E-state index in [1.165, 1.54) is 16.7 Å².